The molecule has 0 aliphatic rings. The van der Waals surface area contributed by atoms with Crippen LogP contribution in [0.25, 0.3) is 28.0 Å². The van der Waals surface area contributed by atoms with Gasteiger partial charge in [0.05, 0.1) is 29.1 Å². The summed E-state index contributed by atoms with van der Waals surface area (Å²) in [7, 11) is 0. The molecule has 1 N–H and O–H groups in total. The second kappa shape index (κ2) is 7.01. The van der Waals surface area contributed by atoms with E-state index < -0.39 is 23.1 Å². The standard InChI is InChI=1S/C23H16F3N3O/c1-23(2,30)17-7-8-29-20(12-28-22(29)21(17)26)14-4-6-18(24)16(10-14)15-5-3-13(11-27)9-19(15)25/h3-10,12,30H,1-2H3. The van der Waals surface area contributed by atoms with Crippen LogP contribution in [-0.2, 0) is 5.60 Å². The van der Waals surface area contributed by atoms with Gasteiger partial charge in [-0.3, -0.25) is 4.40 Å². The zero-order valence-electron chi connectivity index (χ0n) is 16.1. The normalized spacial score (nSPS) is 11.6. The number of hydrogen-bond donors (Lipinski definition) is 1. The summed E-state index contributed by atoms with van der Waals surface area (Å²) in [5, 5.41) is 19.0. The Labute approximate surface area is 170 Å². The molecule has 2 aromatic carbocycles. The van der Waals surface area contributed by atoms with Gasteiger partial charge in [-0.1, -0.05) is 6.07 Å². The Morgan fingerprint density at radius 3 is 2.43 bits per heavy atom. The summed E-state index contributed by atoms with van der Waals surface area (Å²) in [5.74, 6) is -2.01. The number of nitriles is 1. The van der Waals surface area contributed by atoms with E-state index in [0.717, 1.165) is 6.07 Å². The highest BCUT2D eigenvalue weighted by Gasteiger charge is 2.24. The first-order valence-corrected chi connectivity index (χ1v) is 9.09. The van der Waals surface area contributed by atoms with Crippen molar-refractivity contribution >= 4 is 5.65 Å². The molecule has 4 aromatic rings. The molecule has 2 aromatic heterocycles. The number of hydrogen-bond acceptors (Lipinski definition) is 3. The number of nitrogens with zero attached hydrogens (tertiary/aromatic N) is 3. The smallest absolute Gasteiger partial charge is 0.174 e. The lowest BCUT2D eigenvalue weighted by Crippen LogP contribution is -2.18. The van der Waals surface area contributed by atoms with E-state index in [2.05, 4.69) is 4.98 Å². The molecule has 0 fully saturated rings. The first-order chi connectivity index (χ1) is 14.2. The van der Waals surface area contributed by atoms with Crippen LogP contribution in [0.3, 0.4) is 0 Å². The van der Waals surface area contributed by atoms with Crippen LogP contribution in [0.2, 0.25) is 0 Å². The van der Waals surface area contributed by atoms with Gasteiger partial charge < -0.3 is 5.11 Å². The Morgan fingerprint density at radius 2 is 1.77 bits per heavy atom. The summed E-state index contributed by atoms with van der Waals surface area (Å²) in [6.07, 6.45) is 3.00. The number of fused-ring (bicyclic) bond motifs is 1. The third-order valence-corrected chi connectivity index (χ3v) is 4.93. The highest BCUT2D eigenvalue weighted by Crippen LogP contribution is 2.33. The fourth-order valence-electron chi connectivity index (χ4n) is 3.40. The van der Waals surface area contributed by atoms with E-state index >= 15 is 0 Å². The van der Waals surface area contributed by atoms with Gasteiger partial charge >= 0.3 is 0 Å². The lowest BCUT2D eigenvalue weighted by molar-refractivity contribution is 0.0746. The molecule has 2 heterocycles. The second-order valence-corrected chi connectivity index (χ2v) is 7.44. The van der Waals surface area contributed by atoms with Crippen molar-refractivity contribution in [3.05, 3.63) is 83.4 Å². The maximum Gasteiger partial charge on any atom is 0.174 e. The van der Waals surface area contributed by atoms with Gasteiger partial charge in [0.2, 0.25) is 0 Å². The van der Waals surface area contributed by atoms with Crippen molar-refractivity contribution in [1.82, 2.24) is 9.38 Å². The van der Waals surface area contributed by atoms with E-state index in [-0.39, 0.29) is 27.9 Å². The summed E-state index contributed by atoms with van der Waals surface area (Å²) in [5.41, 5.74) is -0.136. The summed E-state index contributed by atoms with van der Waals surface area (Å²) >= 11 is 0. The predicted octanol–water partition coefficient (Wildman–Crippen LogP) is 5.18. The zero-order chi connectivity index (χ0) is 21.6. The number of aromatic nitrogens is 2. The van der Waals surface area contributed by atoms with Crippen molar-refractivity contribution in [3.63, 3.8) is 0 Å². The molecule has 0 aliphatic carbocycles. The van der Waals surface area contributed by atoms with Gasteiger partial charge in [0, 0.05) is 28.5 Å². The Kier molecular flexibility index (Phi) is 4.60. The first-order valence-electron chi connectivity index (χ1n) is 9.09. The Bertz CT molecular complexity index is 1330. The molecule has 0 spiro atoms. The molecular formula is C23H16F3N3O. The van der Waals surface area contributed by atoms with Crippen molar-refractivity contribution < 1.29 is 18.3 Å². The second-order valence-electron chi connectivity index (χ2n) is 7.44. The summed E-state index contributed by atoms with van der Waals surface area (Å²) in [6, 6.07) is 11.2. The first kappa shape index (κ1) is 19.7. The van der Waals surface area contributed by atoms with Crippen LogP contribution >= 0.6 is 0 Å². The average molecular weight is 407 g/mol. The molecule has 0 radical (unpaired) electrons. The number of imidazole rings is 1. The van der Waals surface area contributed by atoms with E-state index in [1.54, 1.807) is 6.20 Å². The molecule has 0 saturated heterocycles. The number of rotatable bonds is 3. The molecule has 0 aliphatic heterocycles. The predicted molar refractivity (Wildman–Crippen MR) is 106 cm³/mol. The molecule has 0 amide bonds. The van der Waals surface area contributed by atoms with Crippen molar-refractivity contribution in [2.24, 2.45) is 0 Å². The largest absolute Gasteiger partial charge is 0.386 e. The van der Waals surface area contributed by atoms with Crippen LogP contribution in [0.15, 0.2) is 54.9 Å². The van der Waals surface area contributed by atoms with Gasteiger partial charge in [0.25, 0.3) is 0 Å². The topological polar surface area (TPSA) is 61.3 Å². The Hall–Kier alpha value is -3.63. The van der Waals surface area contributed by atoms with Gasteiger partial charge in [-0.2, -0.15) is 5.26 Å². The van der Waals surface area contributed by atoms with Crippen LogP contribution in [0.5, 0.6) is 0 Å². The Morgan fingerprint density at radius 1 is 1.00 bits per heavy atom. The molecule has 0 atom stereocenters. The van der Waals surface area contributed by atoms with E-state index in [0.29, 0.717) is 11.3 Å². The lowest BCUT2D eigenvalue weighted by atomic mass is 9.98. The van der Waals surface area contributed by atoms with Crippen LogP contribution < -0.4 is 0 Å². The molecule has 7 heteroatoms. The number of benzene rings is 2. The molecule has 150 valence electrons. The minimum atomic E-state index is -1.38. The number of aliphatic hydroxyl groups is 1. The molecule has 0 unspecified atom stereocenters. The average Bonchev–Trinajstić information content (AvgIpc) is 3.13. The zero-order valence-corrected chi connectivity index (χ0v) is 16.1. The third kappa shape index (κ3) is 3.21. The maximum atomic E-state index is 14.8. The van der Waals surface area contributed by atoms with Crippen LogP contribution in [0.4, 0.5) is 13.2 Å². The van der Waals surface area contributed by atoms with Gasteiger partial charge in [-0.25, -0.2) is 18.2 Å². The monoisotopic (exact) mass is 407 g/mol. The molecule has 0 saturated carbocycles. The molecular weight excluding hydrogens is 391 g/mol. The summed E-state index contributed by atoms with van der Waals surface area (Å²) in [6.45, 7) is 2.95. The quantitative estimate of drug-likeness (QED) is 0.509. The van der Waals surface area contributed by atoms with Crippen molar-refractivity contribution in [3.8, 4) is 28.5 Å². The van der Waals surface area contributed by atoms with E-state index in [9.17, 15) is 18.3 Å². The van der Waals surface area contributed by atoms with E-state index in [4.69, 9.17) is 5.26 Å². The van der Waals surface area contributed by atoms with Crippen molar-refractivity contribution in [2.75, 3.05) is 0 Å². The van der Waals surface area contributed by atoms with Gasteiger partial charge in [-0.05, 0) is 50.2 Å². The fraction of sp³-hybridized carbons (Fsp3) is 0.130. The fourth-order valence-corrected chi connectivity index (χ4v) is 3.40. The van der Waals surface area contributed by atoms with Crippen LogP contribution in [-0.4, -0.2) is 14.5 Å². The number of halogens is 3. The minimum absolute atomic E-state index is 0.0117. The Balaban J connectivity index is 1.87. The molecule has 4 nitrogen and oxygen atoms in total. The van der Waals surface area contributed by atoms with E-state index in [1.807, 2.05) is 6.07 Å². The van der Waals surface area contributed by atoms with Crippen LogP contribution in [0, 0.1) is 28.8 Å². The molecule has 30 heavy (non-hydrogen) atoms. The SMILES string of the molecule is CC(C)(O)c1ccn2c(-c3ccc(F)c(-c4ccc(C#N)cc4F)c3)cnc2c1F. The molecule has 4 rings (SSSR count). The summed E-state index contributed by atoms with van der Waals surface area (Å²) < 4.78 is 45.2. The third-order valence-electron chi connectivity index (χ3n) is 4.93. The lowest BCUT2D eigenvalue weighted by Gasteiger charge is -2.18. The highest BCUT2D eigenvalue weighted by atomic mass is 19.1. The van der Waals surface area contributed by atoms with Crippen LogP contribution in [0.1, 0.15) is 25.0 Å². The van der Waals surface area contributed by atoms with Crippen molar-refractivity contribution in [1.29, 1.82) is 5.26 Å². The minimum Gasteiger partial charge on any atom is -0.386 e. The molecule has 0 bridgehead atoms. The van der Waals surface area contributed by atoms with Gasteiger partial charge in [0.1, 0.15) is 11.6 Å². The number of pyridine rings is 1. The van der Waals surface area contributed by atoms with E-state index in [1.165, 1.54) is 60.8 Å². The van der Waals surface area contributed by atoms with Gasteiger partial charge in [-0.15, -0.1) is 0 Å². The van der Waals surface area contributed by atoms with Gasteiger partial charge in [0.15, 0.2) is 11.5 Å². The maximum absolute atomic E-state index is 14.8. The summed E-state index contributed by atoms with van der Waals surface area (Å²) in [4.78, 5) is 4.11. The highest BCUT2D eigenvalue weighted by molar-refractivity contribution is 5.74. The van der Waals surface area contributed by atoms with Crippen molar-refractivity contribution in [2.45, 2.75) is 19.4 Å².